The van der Waals surface area contributed by atoms with Crippen LogP contribution < -0.4 is 5.06 Å². The first-order valence-electron chi connectivity index (χ1n) is 10.1. The van der Waals surface area contributed by atoms with Gasteiger partial charge in [-0.2, -0.15) is 0 Å². The van der Waals surface area contributed by atoms with Crippen LogP contribution in [0.15, 0.2) is 83.3 Å². The number of nitro groups is 1. The number of ketones is 1. The number of anilines is 1. The minimum absolute atomic E-state index is 0.0670. The highest BCUT2D eigenvalue weighted by atomic mass is 79.9. The van der Waals surface area contributed by atoms with Crippen molar-refractivity contribution in [3.63, 3.8) is 0 Å². The summed E-state index contributed by atoms with van der Waals surface area (Å²) in [6.07, 6.45) is 0.0670. The summed E-state index contributed by atoms with van der Waals surface area (Å²) in [6.45, 7) is 1.30. The van der Waals surface area contributed by atoms with Gasteiger partial charge in [-0.3, -0.25) is 14.9 Å². The Kier molecular flexibility index (Phi) is 6.26. The van der Waals surface area contributed by atoms with Gasteiger partial charge in [0.1, 0.15) is 0 Å². The Balaban J connectivity index is 1.68. The largest absolute Gasteiger partial charge is 0.419 e. The van der Waals surface area contributed by atoms with Gasteiger partial charge in [0, 0.05) is 23.5 Å². The molecule has 0 unspecified atom stereocenters. The predicted molar refractivity (Wildman–Crippen MR) is 123 cm³/mol. The number of ether oxygens (including phenoxy) is 1. The topological polar surface area (TPSA) is 99.0 Å². The molecule has 1 fully saturated rings. The van der Waals surface area contributed by atoms with Crippen LogP contribution in [-0.2, 0) is 14.4 Å². The van der Waals surface area contributed by atoms with Crippen LogP contribution in [0, 0.1) is 10.1 Å². The molecule has 0 bridgehead atoms. The molecular weight excluding hydrogens is 492 g/mol. The second-order valence-corrected chi connectivity index (χ2v) is 8.44. The number of esters is 1. The number of halogens is 1. The SMILES string of the molecule is CC(=O)[C@]1(OC(=O)c2ccc([N+](=O)[O-])cc2)C[C@H](c2ccc(Br)cc2)N(c2ccccc2)O1. The third-order valence-corrected chi connectivity index (χ3v) is 5.89. The van der Waals surface area contributed by atoms with Crippen LogP contribution in [0.3, 0.4) is 0 Å². The minimum atomic E-state index is -1.85. The number of Topliss-reactive ketones (excluding diaryl/α,β-unsaturated/α-hetero) is 1. The van der Waals surface area contributed by atoms with E-state index in [1.54, 1.807) is 5.06 Å². The molecule has 1 saturated heterocycles. The maximum Gasteiger partial charge on any atom is 0.341 e. The van der Waals surface area contributed by atoms with Gasteiger partial charge in [-0.1, -0.05) is 46.3 Å². The van der Waals surface area contributed by atoms with Crippen LogP contribution in [0.5, 0.6) is 0 Å². The van der Waals surface area contributed by atoms with Gasteiger partial charge in [-0.05, 0) is 42.0 Å². The fourth-order valence-electron chi connectivity index (χ4n) is 3.61. The van der Waals surface area contributed by atoms with Crippen molar-refractivity contribution in [2.75, 3.05) is 5.06 Å². The van der Waals surface area contributed by atoms with E-state index in [4.69, 9.17) is 9.57 Å². The van der Waals surface area contributed by atoms with Gasteiger partial charge in [-0.25, -0.2) is 14.7 Å². The van der Waals surface area contributed by atoms with Gasteiger partial charge in [-0.15, -0.1) is 0 Å². The highest BCUT2D eigenvalue weighted by molar-refractivity contribution is 9.10. The fourth-order valence-corrected chi connectivity index (χ4v) is 3.88. The number of nitrogens with zero attached hydrogens (tertiary/aromatic N) is 2. The molecule has 168 valence electrons. The number of nitro benzene ring substituents is 1. The Bertz CT molecular complexity index is 1180. The summed E-state index contributed by atoms with van der Waals surface area (Å²) in [6, 6.07) is 21.4. The quantitative estimate of drug-likeness (QED) is 0.249. The molecule has 0 aromatic heterocycles. The van der Waals surface area contributed by atoms with E-state index in [1.165, 1.54) is 31.2 Å². The number of rotatable bonds is 6. The summed E-state index contributed by atoms with van der Waals surface area (Å²) in [5.41, 5.74) is 1.48. The number of para-hydroxylation sites is 1. The molecule has 1 heterocycles. The van der Waals surface area contributed by atoms with Crippen LogP contribution in [0.1, 0.15) is 35.3 Å². The van der Waals surface area contributed by atoms with Gasteiger partial charge >= 0.3 is 5.97 Å². The zero-order chi connectivity index (χ0) is 23.6. The van der Waals surface area contributed by atoms with Gasteiger partial charge in [0.15, 0.2) is 0 Å². The predicted octanol–water partition coefficient (Wildman–Crippen LogP) is 5.38. The van der Waals surface area contributed by atoms with Crippen LogP contribution in [0.25, 0.3) is 0 Å². The Morgan fingerprint density at radius 2 is 1.70 bits per heavy atom. The maximum absolute atomic E-state index is 12.9. The van der Waals surface area contributed by atoms with Gasteiger partial charge in [0.05, 0.1) is 28.6 Å². The summed E-state index contributed by atoms with van der Waals surface area (Å²) >= 11 is 3.42. The lowest BCUT2D eigenvalue weighted by Crippen LogP contribution is -2.43. The molecule has 1 aliphatic rings. The highest BCUT2D eigenvalue weighted by Gasteiger charge is 2.53. The molecule has 9 heteroatoms. The van der Waals surface area contributed by atoms with Crippen molar-refractivity contribution in [2.24, 2.45) is 0 Å². The molecule has 8 nitrogen and oxygen atoms in total. The summed E-state index contributed by atoms with van der Waals surface area (Å²) in [7, 11) is 0. The average molecular weight is 511 g/mol. The summed E-state index contributed by atoms with van der Waals surface area (Å²) < 4.78 is 6.54. The van der Waals surface area contributed by atoms with E-state index >= 15 is 0 Å². The number of hydroxylamine groups is 1. The van der Waals surface area contributed by atoms with E-state index in [2.05, 4.69) is 15.9 Å². The summed E-state index contributed by atoms with van der Waals surface area (Å²) in [5.74, 6) is -3.14. The molecule has 0 saturated carbocycles. The maximum atomic E-state index is 12.9. The lowest BCUT2D eigenvalue weighted by molar-refractivity contribution is -0.384. The van der Waals surface area contributed by atoms with E-state index in [9.17, 15) is 19.7 Å². The molecule has 0 amide bonds. The van der Waals surface area contributed by atoms with Crippen molar-refractivity contribution >= 4 is 39.1 Å². The fraction of sp³-hybridized carbons (Fsp3) is 0.167. The Labute approximate surface area is 198 Å². The zero-order valence-corrected chi connectivity index (χ0v) is 19.1. The van der Waals surface area contributed by atoms with Gasteiger partial charge < -0.3 is 4.74 Å². The Morgan fingerprint density at radius 3 is 2.27 bits per heavy atom. The minimum Gasteiger partial charge on any atom is -0.419 e. The zero-order valence-electron chi connectivity index (χ0n) is 17.5. The van der Waals surface area contributed by atoms with Crippen LogP contribution in [-0.4, -0.2) is 22.5 Å². The average Bonchev–Trinajstić information content (AvgIpc) is 3.21. The molecule has 33 heavy (non-hydrogen) atoms. The second-order valence-electron chi connectivity index (χ2n) is 7.53. The van der Waals surface area contributed by atoms with Crippen molar-refractivity contribution in [3.05, 3.63) is 105 Å². The molecule has 0 aliphatic carbocycles. The summed E-state index contributed by atoms with van der Waals surface area (Å²) in [5, 5.41) is 12.5. The molecule has 2 atom stereocenters. The first-order valence-corrected chi connectivity index (χ1v) is 10.9. The molecule has 3 aromatic carbocycles. The third-order valence-electron chi connectivity index (χ3n) is 5.36. The van der Waals surface area contributed by atoms with Crippen LogP contribution in [0.2, 0.25) is 0 Å². The molecule has 4 rings (SSSR count). The van der Waals surface area contributed by atoms with E-state index in [0.29, 0.717) is 5.69 Å². The lowest BCUT2D eigenvalue weighted by Gasteiger charge is -2.27. The first kappa shape index (κ1) is 22.6. The standard InChI is InChI=1S/C24H19BrN2O6/c1-16(28)24(32-23(29)18-9-13-21(14-10-18)27(30)31)15-22(17-7-11-19(25)12-8-17)26(33-24)20-5-3-2-4-6-20/h2-14,22H,15H2,1H3/t22-,24+/m1/s1. The normalized spacial score (nSPS) is 19.8. The van der Waals surface area contributed by atoms with Crippen molar-refractivity contribution in [1.29, 1.82) is 0 Å². The number of carbonyl (C=O) groups is 2. The second kappa shape index (κ2) is 9.13. The van der Waals surface area contributed by atoms with E-state index in [0.717, 1.165) is 10.0 Å². The number of benzene rings is 3. The summed E-state index contributed by atoms with van der Waals surface area (Å²) in [4.78, 5) is 42.0. The Morgan fingerprint density at radius 1 is 1.06 bits per heavy atom. The molecular formula is C24H19BrN2O6. The van der Waals surface area contributed by atoms with Crippen LogP contribution in [0.4, 0.5) is 11.4 Å². The lowest BCUT2D eigenvalue weighted by atomic mass is 9.97. The van der Waals surface area contributed by atoms with E-state index < -0.39 is 28.5 Å². The highest BCUT2D eigenvalue weighted by Crippen LogP contribution is 2.45. The van der Waals surface area contributed by atoms with Crippen molar-refractivity contribution in [1.82, 2.24) is 0 Å². The van der Waals surface area contributed by atoms with E-state index in [-0.39, 0.29) is 17.7 Å². The molecule has 0 radical (unpaired) electrons. The number of hydrogen-bond acceptors (Lipinski definition) is 7. The molecule has 3 aromatic rings. The number of non-ortho nitro benzene ring substituents is 1. The number of hydrogen-bond donors (Lipinski definition) is 0. The monoisotopic (exact) mass is 510 g/mol. The van der Waals surface area contributed by atoms with Crippen molar-refractivity contribution < 1.29 is 24.1 Å². The van der Waals surface area contributed by atoms with Crippen molar-refractivity contribution in [2.45, 2.75) is 25.2 Å². The van der Waals surface area contributed by atoms with Crippen LogP contribution >= 0.6 is 15.9 Å². The van der Waals surface area contributed by atoms with E-state index in [1.807, 2.05) is 54.6 Å². The Hall–Kier alpha value is -3.56. The van der Waals surface area contributed by atoms with Gasteiger partial charge in [0.25, 0.3) is 11.5 Å². The molecule has 1 aliphatic heterocycles. The van der Waals surface area contributed by atoms with Crippen molar-refractivity contribution in [3.8, 4) is 0 Å². The molecule has 0 spiro atoms. The third kappa shape index (κ3) is 4.64. The smallest absolute Gasteiger partial charge is 0.341 e. The first-order chi connectivity index (χ1) is 15.8. The number of carbonyl (C=O) groups excluding carboxylic acids is 2. The molecule has 0 N–H and O–H groups in total. The van der Waals surface area contributed by atoms with Gasteiger partial charge in [0.2, 0.25) is 5.78 Å².